The van der Waals surface area contributed by atoms with Crippen LogP contribution in [0.4, 0.5) is 0 Å². The third-order valence-electron chi connectivity index (χ3n) is 2.53. The van der Waals surface area contributed by atoms with Gasteiger partial charge in [-0.25, -0.2) is 9.97 Å². The van der Waals surface area contributed by atoms with Crippen LogP contribution in [0.25, 0.3) is 0 Å². The Hall–Kier alpha value is -1.26. The fourth-order valence-electron chi connectivity index (χ4n) is 1.56. The van der Waals surface area contributed by atoms with Crippen molar-refractivity contribution in [3.05, 3.63) is 58.6 Å². The lowest BCUT2D eigenvalue weighted by Gasteiger charge is -2.13. The molecule has 2 rings (SSSR count). The Bertz CT molecular complexity index is 473. The maximum absolute atomic E-state index is 4.18. The Balaban J connectivity index is 1.96. The van der Waals surface area contributed by atoms with Crippen molar-refractivity contribution >= 4 is 15.9 Å². The Kier molecular flexibility index (Phi) is 4.23. The van der Waals surface area contributed by atoms with E-state index in [1.165, 1.54) is 5.56 Å². The number of rotatable bonds is 4. The second-order valence-electron chi connectivity index (χ2n) is 3.82. The van der Waals surface area contributed by atoms with Gasteiger partial charge in [0.2, 0.25) is 0 Å². The minimum absolute atomic E-state index is 0.274. The molecule has 1 atom stereocenters. The molecule has 0 spiro atoms. The highest BCUT2D eigenvalue weighted by Crippen LogP contribution is 2.17. The van der Waals surface area contributed by atoms with Crippen LogP contribution in [-0.2, 0) is 6.54 Å². The normalized spacial score (nSPS) is 12.4. The van der Waals surface area contributed by atoms with Gasteiger partial charge in [-0.05, 0) is 30.7 Å². The van der Waals surface area contributed by atoms with Crippen LogP contribution in [0.3, 0.4) is 0 Å². The van der Waals surface area contributed by atoms with E-state index in [-0.39, 0.29) is 6.04 Å². The van der Waals surface area contributed by atoms with E-state index in [4.69, 9.17) is 0 Å². The molecule has 0 fully saturated rings. The van der Waals surface area contributed by atoms with Gasteiger partial charge in [0.1, 0.15) is 5.82 Å². The molecule has 1 aromatic heterocycles. The lowest BCUT2D eigenvalue weighted by molar-refractivity contribution is 0.559. The maximum Gasteiger partial charge on any atom is 0.141 e. The summed E-state index contributed by atoms with van der Waals surface area (Å²) < 4.78 is 1.10. The quantitative estimate of drug-likeness (QED) is 0.941. The van der Waals surface area contributed by atoms with Gasteiger partial charge >= 0.3 is 0 Å². The van der Waals surface area contributed by atoms with Gasteiger partial charge < -0.3 is 5.32 Å². The summed E-state index contributed by atoms with van der Waals surface area (Å²) in [5.41, 5.74) is 1.25. The molecule has 4 heteroatoms. The summed E-state index contributed by atoms with van der Waals surface area (Å²) in [5.74, 6) is 0.814. The highest BCUT2D eigenvalue weighted by molar-refractivity contribution is 9.10. The van der Waals surface area contributed by atoms with Crippen molar-refractivity contribution in [1.29, 1.82) is 0 Å². The topological polar surface area (TPSA) is 37.8 Å². The molecule has 1 N–H and O–H groups in total. The fraction of sp³-hybridized carbons (Fsp3) is 0.231. The summed E-state index contributed by atoms with van der Waals surface area (Å²) >= 11 is 3.47. The monoisotopic (exact) mass is 291 g/mol. The molecule has 3 nitrogen and oxygen atoms in total. The van der Waals surface area contributed by atoms with Crippen LogP contribution in [0.2, 0.25) is 0 Å². The van der Waals surface area contributed by atoms with Gasteiger partial charge in [0.05, 0.1) is 6.54 Å². The molecule has 1 heterocycles. The highest BCUT2D eigenvalue weighted by Gasteiger charge is 2.05. The molecule has 0 aliphatic carbocycles. The van der Waals surface area contributed by atoms with Crippen molar-refractivity contribution in [3.63, 3.8) is 0 Å². The summed E-state index contributed by atoms with van der Waals surface area (Å²) in [5, 5.41) is 3.40. The molecule has 0 bridgehead atoms. The molecule has 88 valence electrons. The molecule has 1 aromatic carbocycles. The standard InChI is InChI=1S/C13H14BrN3/c1-10(11-4-2-5-12(14)8-11)17-9-13-15-6-3-7-16-13/h2-8,10,17H,9H2,1H3/t10-/m0/s1. The van der Waals surface area contributed by atoms with E-state index >= 15 is 0 Å². The van der Waals surface area contributed by atoms with Gasteiger partial charge in [0.15, 0.2) is 0 Å². The van der Waals surface area contributed by atoms with Crippen LogP contribution >= 0.6 is 15.9 Å². The maximum atomic E-state index is 4.18. The summed E-state index contributed by atoms with van der Waals surface area (Å²) in [6.07, 6.45) is 3.52. The fourth-order valence-corrected chi connectivity index (χ4v) is 1.98. The van der Waals surface area contributed by atoms with Crippen LogP contribution in [0, 0.1) is 0 Å². The van der Waals surface area contributed by atoms with Crippen molar-refractivity contribution in [2.45, 2.75) is 19.5 Å². The average Bonchev–Trinajstić information content (AvgIpc) is 2.37. The minimum atomic E-state index is 0.274. The largest absolute Gasteiger partial charge is 0.303 e. The zero-order valence-electron chi connectivity index (χ0n) is 9.60. The van der Waals surface area contributed by atoms with Crippen molar-refractivity contribution in [2.75, 3.05) is 0 Å². The van der Waals surface area contributed by atoms with Gasteiger partial charge in [-0.1, -0.05) is 28.1 Å². The van der Waals surface area contributed by atoms with Gasteiger partial charge in [-0.15, -0.1) is 0 Å². The second kappa shape index (κ2) is 5.89. The summed E-state index contributed by atoms with van der Waals surface area (Å²) in [6, 6.07) is 10.4. The third kappa shape index (κ3) is 3.61. The van der Waals surface area contributed by atoms with E-state index in [1.807, 2.05) is 18.2 Å². The van der Waals surface area contributed by atoms with E-state index in [2.05, 4.69) is 50.3 Å². The lowest BCUT2D eigenvalue weighted by Crippen LogP contribution is -2.19. The van der Waals surface area contributed by atoms with Crippen molar-refractivity contribution in [3.8, 4) is 0 Å². The first kappa shape index (κ1) is 12.2. The molecule has 0 saturated heterocycles. The zero-order chi connectivity index (χ0) is 12.1. The zero-order valence-corrected chi connectivity index (χ0v) is 11.2. The first-order valence-corrected chi connectivity index (χ1v) is 6.30. The van der Waals surface area contributed by atoms with E-state index in [9.17, 15) is 0 Å². The van der Waals surface area contributed by atoms with Crippen molar-refractivity contribution in [2.24, 2.45) is 0 Å². The van der Waals surface area contributed by atoms with Crippen LogP contribution in [-0.4, -0.2) is 9.97 Å². The number of nitrogens with zero attached hydrogens (tertiary/aromatic N) is 2. The Morgan fingerprint density at radius 3 is 2.71 bits per heavy atom. The third-order valence-corrected chi connectivity index (χ3v) is 3.03. The van der Waals surface area contributed by atoms with Crippen LogP contribution in [0.1, 0.15) is 24.4 Å². The first-order chi connectivity index (χ1) is 8.25. The predicted octanol–water partition coefficient (Wildman–Crippen LogP) is 3.09. The molecular formula is C13H14BrN3. The van der Waals surface area contributed by atoms with Gasteiger partial charge in [0, 0.05) is 22.9 Å². The van der Waals surface area contributed by atoms with Crippen LogP contribution in [0.5, 0.6) is 0 Å². The molecule has 0 saturated carbocycles. The van der Waals surface area contributed by atoms with Crippen molar-refractivity contribution < 1.29 is 0 Å². The molecule has 2 aromatic rings. The van der Waals surface area contributed by atoms with E-state index < -0.39 is 0 Å². The Labute approximate surface area is 109 Å². The highest BCUT2D eigenvalue weighted by atomic mass is 79.9. The van der Waals surface area contributed by atoms with E-state index in [1.54, 1.807) is 12.4 Å². The first-order valence-electron chi connectivity index (χ1n) is 5.50. The number of benzene rings is 1. The smallest absolute Gasteiger partial charge is 0.141 e. The molecule has 0 aliphatic rings. The summed E-state index contributed by atoms with van der Waals surface area (Å²) in [6.45, 7) is 2.80. The predicted molar refractivity (Wildman–Crippen MR) is 71.4 cm³/mol. The van der Waals surface area contributed by atoms with E-state index in [0.717, 1.165) is 10.3 Å². The number of hydrogen-bond donors (Lipinski definition) is 1. The molecule has 17 heavy (non-hydrogen) atoms. The number of hydrogen-bond acceptors (Lipinski definition) is 3. The average molecular weight is 292 g/mol. The number of aromatic nitrogens is 2. The second-order valence-corrected chi connectivity index (χ2v) is 4.74. The summed E-state index contributed by atoms with van der Waals surface area (Å²) in [4.78, 5) is 8.36. The van der Waals surface area contributed by atoms with Gasteiger partial charge in [-0.2, -0.15) is 0 Å². The SMILES string of the molecule is C[C@H](NCc1ncccn1)c1cccc(Br)c1. The number of halogens is 1. The van der Waals surface area contributed by atoms with Gasteiger partial charge in [-0.3, -0.25) is 0 Å². The van der Waals surface area contributed by atoms with Crippen LogP contribution in [0.15, 0.2) is 47.2 Å². The minimum Gasteiger partial charge on any atom is -0.303 e. The van der Waals surface area contributed by atoms with Crippen molar-refractivity contribution in [1.82, 2.24) is 15.3 Å². The lowest BCUT2D eigenvalue weighted by atomic mass is 10.1. The Morgan fingerprint density at radius 2 is 2.00 bits per heavy atom. The number of nitrogens with one attached hydrogen (secondary N) is 1. The van der Waals surface area contributed by atoms with E-state index in [0.29, 0.717) is 6.54 Å². The summed E-state index contributed by atoms with van der Waals surface area (Å²) in [7, 11) is 0. The molecular weight excluding hydrogens is 278 g/mol. The molecule has 0 radical (unpaired) electrons. The van der Waals surface area contributed by atoms with Crippen LogP contribution < -0.4 is 5.32 Å². The molecule has 0 unspecified atom stereocenters. The Morgan fingerprint density at radius 1 is 1.24 bits per heavy atom. The van der Waals surface area contributed by atoms with Gasteiger partial charge in [0.25, 0.3) is 0 Å². The molecule has 0 aliphatic heterocycles. The molecule has 0 amide bonds.